The number of amides is 2. The average Bonchev–Trinajstić information content (AvgIpc) is 2.85. The lowest BCUT2D eigenvalue weighted by Gasteiger charge is -2.33. The number of pyridine rings is 1. The molecule has 1 fully saturated rings. The van der Waals surface area contributed by atoms with Gasteiger partial charge >= 0.3 is 6.03 Å². The largest absolute Gasteiger partial charge is 0.324 e. The molecule has 1 saturated heterocycles. The van der Waals surface area contributed by atoms with Crippen LogP contribution in [0.15, 0.2) is 18.5 Å². The summed E-state index contributed by atoms with van der Waals surface area (Å²) in [5.41, 5.74) is 1.96. The van der Waals surface area contributed by atoms with Gasteiger partial charge < -0.3 is 4.90 Å². The lowest BCUT2D eigenvalue weighted by Crippen LogP contribution is -2.52. The fourth-order valence-corrected chi connectivity index (χ4v) is 4.01. The summed E-state index contributed by atoms with van der Waals surface area (Å²) in [6.45, 7) is 2.86. The van der Waals surface area contributed by atoms with Crippen molar-refractivity contribution in [3.05, 3.63) is 24.0 Å². The fraction of sp³-hybridized carbons (Fsp3) is 0.538. The number of aromatic nitrogens is 1. The number of sulfone groups is 1. The Balaban J connectivity index is 1.78. The van der Waals surface area contributed by atoms with Crippen LogP contribution in [0.1, 0.15) is 12.5 Å². The summed E-state index contributed by atoms with van der Waals surface area (Å²) in [6, 6.07) is 1.74. The number of hydrogen-bond donors (Lipinski definition) is 0. The van der Waals surface area contributed by atoms with Crippen LogP contribution in [0.4, 0.5) is 10.5 Å². The van der Waals surface area contributed by atoms with E-state index in [2.05, 4.69) is 4.98 Å². The average molecular weight is 295 g/mol. The second kappa shape index (κ2) is 4.73. The van der Waals surface area contributed by atoms with E-state index in [1.54, 1.807) is 29.1 Å². The third-order valence-corrected chi connectivity index (χ3v) is 6.14. The normalized spacial score (nSPS) is 24.6. The highest BCUT2D eigenvalue weighted by atomic mass is 32.2. The van der Waals surface area contributed by atoms with Gasteiger partial charge in [-0.05, 0) is 25.0 Å². The van der Waals surface area contributed by atoms with E-state index in [1.165, 1.54) is 0 Å². The summed E-state index contributed by atoms with van der Waals surface area (Å²) in [7, 11) is -3.03. The molecule has 108 valence electrons. The van der Waals surface area contributed by atoms with Crippen molar-refractivity contribution in [1.82, 2.24) is 9.88 Å². The molecule has 7 heteroatoms. The molecule has 1 aromatic rings. The number of carbonyl (C=O) groups is 1. The Morgan fingerprint density at radius 1 is 1.40 bits per heavy atom. The number of hydrogen-bond acceptors (Lipinski definition) is 4. The molecular formula is C13H17N3O3S. The molecule has 3 rings (SSSR count). The van der Waals surface area contributed by atoms with Gasteiger partial charge in [-0.25, -0.2) is 13.2 Å². The standard InChI is InChI=1S/C13H17N3O3S/c1-10-9-15(6-7-20(10,18)19)13(17)16-5-3-11-8-14-4-2-12(11)16/h2,4,8,10H,3,5-7,9H2,1H3/t10-/m1/s1. The quantitative estimate of drug-likeness (QED) is 0.706. The summed E-state index contributed by atoms with van der Waals surface area (Å²) >= 11 is 0. The van der Waals surface area contributed by atoms with Crippen LogP contribution in [0.2, 0.25) is 0 Å². The Kier molecular flexibility index (Phi) is 3.16. The molecule has 2 aliphatic heterocycles. The van der Waals surface area contributed by atoms with Gasteiger partial charge in [-0.2, -0.15) is 0 Å². The van der Waals surface area contributed by atoms with Gasteiger partial charge in [0, 0.05) is 32.0 Å². The van der Waals surface area contributed by atoms with Gasteiger partial charge in [-0.15, -0.1) is 0 Å². The minimum absolute atomic E-state index is 0.0525. The van der Waals surface area contributed by atoms with Crippen LogP contribution < -0.4 is 4.90 Å². The predicted octanol–water partition coefficient (Wildman–Crippen LogP) is 0.683. The topological polar surface area (TPSA) is 70.6 Å². The van der Waals surface area contributed by atoms with Gasteiger partial charge in [0.2, 0.25) is 0 Å². The van der Waals surface area contributed by atoms with Gasteiger partial charge in [0.25, 0.3) is 0 Å². The van der Waals surface area contributed by atoms with Crippen LogP contribution in [0.3, 0.4) is 0 Å². The van der Waals surface area contributed by atoms with E-state index in [0.717, 1.165) is 17.7 Å². The molecule has 0 aromatic carbocycles. The highest BCUT2D eigenvalue weighted by Gasteiger charge is 2.35. The smallest absolute Gasteiger partial charge is 0.322 e. The highest BCUT2D eigenvalue weighted by molar-refractivity contribution is 7.92. The van der Waals surface area contributed by atoms with Crippen molar-refractivity contribution in [2.75, 3.05) is 30.3 Å². The number of nitrogens with zero attached hydrogens (tertiary/aromatic N) is 3. The lowest BCUT2D eigenvalue weighted by molar-refractivity contribution is 0.206. The molecule has 0 unspecified atom stereocenters. The molecule has 1 atom stereocenters. The fourth-order valence-electron chi connectivity index (χ4n) is 2.73. The number of rotatable bonds is 0. The first-order valence-corrected chi connectivity index (χ1v) is 8.41. The first-order valence-electron chi connectivity index (χ1n) is 6.70. The molecular weight excluding hydrogens is 278 g/mol. The first kappa shape index (κ1) is 13.4. The van der Waals surface area contributed by atoms with Gasteiger partial charge in [0.1, 0.15) is 0 Å². The number of carbonyl (C=O) groups excluding carboxylic acids is 1. The minimum Gasteiger partial charge on any atom is -0.322 e. The first-order chi connectivity index (χ1) is 9.49. The lowest BCUT2D eigenvalue weighted by atomic mass is 10.2. The van der Waals surface area contributed by atoms with Crippen molar-refractivity contribution < 1.29 is 13.2 Å². The summed E-state index contributed by atoms with van der Waals surface area (Å²) in [5.74, 6) is 0.0525. The molecule has 2 amide bonds. The van der Waals surface area contributed by atoms with Gasteiger partial charge in [-0.1, -0.05) is 0 Å². The van der Waals surface area contributed by atoms with Crippen LogP contribution >= 0.6 is 0 Å². The van der Waals surface area contributed by atoms with Crippen molar-refractivity contribution in [2.24, 2.45) is 0 Å². The molecule has 2 aliphatic rings. The van der Waals surface area contributed by atoms with E-state index in [9.17, 15) is 13.2 Å². The molecule has 0 aliphatic carbocycles. The summed E-state index contributed by atoms with van der Waals surface area (Å²) < 4.78 is 23.4. The van der Waals surface area contributed by atoms with Crippen LogP contribution in [0, 0.1) is 0 Å². The molecule has 1 aromatic heterocycles. The molecule has 0 N–H and O–H groups in total. The van der Waals surface area contributed by atoms with E-state index in [-0.39, 0.29) is 24.9 Å². The van der Waals surface area contributed by atoms with E-state index >= 15 is 0 Å². The third kappa shape index (κ3) is 2.15. The Morgan fingerprint density at radius 2 is 2.20 bits per heavy atom. The van der Waals surface area contributed by atoms with Crippen molar-refractivity contribution in [2.45, 2.75) is 18.6 Å². The van der Waals surface area contributed by atoms with Crippen molar-refractivity contribution in [3.8, 4) is 0 Å². The Morgan fingerprint density at radius 3 is 2.95 bits per heavy atom. The van der Waals surface area contributed by atoms with E-state index in [4.69, 9.17) is 0 Å². The van der Waals surface area contributed by atoms with E-state index in [1.807, 2.05) is 6.07 Å². The molecule has 0 spiro atoms. The predicted molar refractivity (Wildman–Crippen MR) is 75.5 cm³/mol. The molecule has 0 radical (unpaired) electrons. The Bertz CT molecular complexity index is 644. The maximum atomic E-state index is 12.6. The monoisotopic (exact) mass is 295 g/mol. The molecule has 20 heavy (non-hydrogen) atoms. The Labute approximate surface area is 118 Å². The van der Waals surface area contributed by atoms with Crippen LogP contribution in [0.25, 0.3) is 0 Å². The van der Waals surface area contributed by atoms with E-state index < -0.39 is 15.1 Å². The number of anilines is 1. The van der Waals surface area contributed by atoms with Crippen LogP contribution in [0.5, 0.6) is 0 Å². The maximum Gasteiger partial charge on any atom is 0.324 e. The minimum atomic E-state index is -3.03. The van der Waals surface area contributed by atoms with E-state index in [0.29, 0.717) is 6.54 Å². The van der Waals surface area contributed by atoms with Crippen molar-refractivity contribution in [3.63, 3.8) is 0 Å². The second-order valence-electron chi connectivity index (χ2n) is 5.31. The van der Waals surface area contributed by atoms with Gasteiger partial charge in [-0.3, -0.25) is 9.88 Å². The molecule has 0 bridgehead atoms. The van der Waals surface area contributed by atoms with Crippen molar-refractivity contribution in [1.29, 1.82) is 0 Å². The second-order valence-corrected chi connectivity index (χ2v) is 7.85. The van der Waals surface area contributed by atoms with Gasteiger partial charge in [0.05, 0.1) is 16.7 Å². The number of urea groups is 1. The summed E-state index contributed by atoms with van der Waals surface area (Å²) in [4.78, 5) is 20.0. The zero-order valence-electron chi connectivity index (χ0n) is 11.3. The van der Waals surface area contributed by atoms with Crippen LogP contribution in [-0.4, -0.2) is 55.0 Å². The zero-order chi connectivity index (χ0) is 14.3. The van der Waals surface area contributed by atoms with Crippen molar-refractivity contribution >= 4 is 21.6 Å². The molecule has 6 nitrogen and oxygen atoms in total. The number of fused-ring (bicyclic) bond motifs is 1. The summed E-state index contributed by atoms with van der Waals surface area (Å²) in [5, 5.41) is -0.486. The Hall–Kier alpha value is -1.63. The molecule has 0 saturated carbocycles. The highest BCUT2D eigenvalue weighted by Crippen LogP contribution is 2.28. The molecule has 3 heterocycles. The summed E-state index contributed by atoms with van der Waals surface area (Å²) in [6.07, 6.45) is 4.26. The van der Waals surface area contributed by atoms with Gasteiger partial charge in [0.15, 0.2) is 9.84 Å². The van der Waals surface area contributed by atoms with Crippen LogP contribution in [-0.2, 0) is 16.3 Å². The maximum absolute atomic E-state index is 12.6. The SMILES string of the molecule is C[C@@H]1CN(C(=O)N2CCc3cnccc32)CCS1(=O)=O. The third-order valence-electron chi connectivity index (χ3n) is 4.01. The zero-order valence-corrected chi connectivity index (χ0v) is 12.1.